The summed E-state index contributed by atoms with van der Waals surface area (Å²) < 4.78 is 5.85. The van der Waals surface area contributed by atoms with Crippen LogP contribution in [0.15, 0.2) is 72.9 Å². The molecule has 1 amide bonds. The molecule has 0 aliphatic carbocycles. The summed E-state index contributed by atoms with van der Waals surface area (Å²) in [6, 6.07) is 0. The van der Waals surface area contributed by atoms with Gasteiger partial charge in [-0.2, -0.15) is 0 Å². The second-order valence-corrected chi connectivity index (χ2v) is 12.1. The van der Waals surface area contributed by atoms with E-state index in [1.165, 1.54) is 44.9 Å². The first-order valence-corrected chi connectivity index (χ1v) is 18.6. The van der Waals surface area contributed by atoms with Crippen LogP contribution in [0.25, 0.3) is 0 Å². The predicted octanol–water partition coefficient (Wildman–Crippen LogP) is 11.1. The van der Waals surface area contributed by atoms with Crippen molar-refractivity contribution in [3.05, 3.63) is 72.9 Å². The van der Waals surface area contributed by atoms with Crippen molar-refractivity contribution < 1.29 is 24.2 Å². The molecule has 0 spiro atoms. The molecule has 266 valence electrons. The number of unbranched alkanes of at least 4 members (excludes halogenated alkanes) is 12. The maximum absolute atomic E-state index is 12.6. The van der Waals surface area contributed by atoms with Crippen molar-refractivity contribution in [2.45, 2.75) is 161 Å². The van der Waals surface area contributed by atoms with Crippen LogP contribution < -0.4 is 5.32 Å². The van der Waals surface area contributed by atoms with Crippen molar-refractivity contribution in [3.8, 4) is 0 Å². The molecule has 1 atom stereocenters. The fourth-order valence-corrected chi connectivity index (χ4v) is 4.91. The van der Waals surface area contributed by atoms with E-state index in [2.05, 4.69) is 79.9 Å². The van der Waals surface area contributed by atoms with Crippen LogP contribution in [0.2, 0.25) is 0 Å². The highest BCUT2D eigenvalue weighted by molar-refractivity contribution is 5.80. The predicted molar refractivity (Wildman–Crippen MR) is 198 cm³/mol. The topological polar surface area (TPSA) is 92.7 Å². The molecule has 0 aromatic carbocycles. The largest absolute Gasteiger partial charge is 0.480 e. The molecule has 0 bridgehead atoms. The summed E-state index contributed by atoms with van der Waals surface area (Å²) in [5.41, 5.74) is 0. The minimum Gasteiger partial charge on any atom is -0.480 e. The number of aliphatic carboxylic acids is 1. The average molecular weight is 654 g/mol. The Morgan fingerprint density at radius 3 is 1.70 bits per heavy atom. The summed E-state index contributed by atoms with van der Waals surface area (Å²) >= 11 is 0. The van der Waals surface area contributed by atoms with Crippen molar-refractivity contribution >= 4 is 17.8 Å². The highest BCUT2D eigenvalue weighted by Gasteiger charge is 2.10. The van der Waals surface area contributed by atoms with Gasteiger partial charge in [0.15, 0.2) is 0 Å². The van der Waals surface area contributed by atoms with Crippen molar-refractivity contribution in [3.63, 3.8) is 0 Å². The summed E-state index contributed by atoms with van der Waals surface area (Å²) in [5.74, 6) is -1.41. The number of rotatable bonds is 32. The van der Waals surface area contributed by atoms with E-state index in [9.17, 15) is 14.4 Å². The van der Waals surface area contributed by atoms with E-state index in [-0.39, 0.29) is 30.9 Å². The lowest BCUT2D eigenvalue weighted by Crippen LogP contribution is -2.28. The third-order valence-corrected chi connectivity index (χ3v) is 7.63. The zero-order valence-corrected chi connectivity index (χ0v) is 29.8. The van der Waals surface area contributed by atoms with E-state index < -0.39 is 5.97 Å². The number of carbonyl (C=O) groups excluding carboxylic acids is 2. The van der Waals surface area contributed by atoms with Crippen molar-refractivity contribution in [2.24, 2.45) is 0 Å². The van der Waals surface area contributed by atoms with Gasteiger partial charge in [0.25, 0.3) is 0 Å². The number of carboxylic acids is 1. The van der Waals surface area contributed by atoms with Crippen LogP contribution >= 0.6 is 0 Å². The molecule has 0 aromatic heterocycles. The Balaban J connectivity index is 4.38. The van der Waals surface area contributed by atoms with Crippen LogP contribution in [0.3, 0.4) is 0 Å². The molecule has 0 fully saturated rings. The number of ether oxygens (including phenoxy) is 1. The summed E-state index contributed by atoms with van der Waals surface area (Å²) in [6.07, 6.45) is 47.6. The molecule has 0 aliphatic heterocycles. The molecule has 0 saturated heterocycles. The zero-order valence-electron chi connectivity index (χ0n) is 29.8. The summed E-state index contributed by atoms with van der Waals surface area (Å²) in [4.78, 5) is 34.7. The van der Waals surface area contributed by atoms with Gasteiger partial charge in [-0.3, -0.25) is 14.4 Å². The van der Waals surface area contributed by atoms with Gasteiger partial charge in [-0.15, -0.1) is 0 Å². The number of carbonyl (C=O) groups is 3. The maximum Gasteiger partial charge on any atom is 0.322 e. The smallest absolute Gasteiger partial charge is 0.322 e. The van der Waals surface area contributed by atoms with Crippen LogP contribution in [-0.2, 0) is 19.1 Å². The highest BCUT2D eigenvalue weighted by atomic mass is 16.5. The van der Waals surface area contributed by atoms with Gasteiger partial charge in [-0.05, 0) is 70.3 Å². The maximum atomic E-state index is 12.6. The molecular formula is C41H67NO5. The fraction of sp³-hybridized carbons (Fsp3) is 0.634. The van der Waals surface area contributed by atoms with Crippen molar-refractivity contribution in [1.29, 1.82) is 0 Å². The second-order valence-electron chi connectivity index (χ2n) is 12.1. The van der Waals surface area contributed by atoms with Gasteiger partial charge < -0.3 is 15.2 Å². The van der Waals surface area contributed by atoms with Crippen LogP contribution in [0, 0.1) is 0 Å². The number of carboxylic acid groups (broad SMARTS) is 1. The summed E-state index contributed by atoms with van der Waals surface area (Å²) in [6.45, 7) is 4.07. The van der Waals surface area contributed by atoms with E-state index in [1.807, 2.05) is 12.2 Å². The number of hydrogen-bond acceptors (Lipinski definition) is 4. The average Bonchev–Trinajstić information content (AvgIpc) is 3.05. The van der Waals surface area contributed by atoms with Gasteiger partial charge in [0, 0.05) is 6.42 Å². The fourth-order valence-electron chi connectivity index (χ4n) is 4.91. The first-order valence-electron chi connectivity index (χ1n) is 18.6. The van der Waals surface area contributed by atoms with Crippen molar-refractivity contribution in [1.82, 2.24) is 5.32 Å². The Morgan fingerprint density at radius 1 is 0.617 bits per heavy atom. The van der Waals surface area contributed by atoms with Gasteiger partial charge in [0.1, 0.15) is 12.6 Å². The molecule has 0 saturated carbocycles. The van der Waals surface area contributed by atoms with Gasteiger partial charge in [0.2, 0.25) is 5.91 Å². The number of nitrogens with one attached hydrogen (secondary N) is 1. The molecule has 1 unspecified atom stereocenters. The molecule has 0 aromatic rings. The normalized spacial score (nSPS) is 12.9. The number of allylic oxidation sites excluding steroid dienone is 10. The molecule has 6 nitrogen and oxygen atoms in total. The Labute approximate surface area is 287 Å². The molecule has 0 radical (unpaired) electrons. The Morgan fingerprint density at radius 2 is 1.13 bits per heavy atom. The molecule has 0 rings (SSSR count). The van der Waals surface area contributed by atoms with Crippen LogP contribution in [0.4, 0.5) is 0 Å². The van der Waals surface area contributed by atoms with Crippen LogP contribution in [0.1, 0.15) is 155 Å². The lowest BCUT2D eigenvalue weighted by Gasteiger charge is -2.14. The third-order valence-electron chi connectivity index (χ3n) is 7.63. The lowest BCUT2D eigenvalue weighted by atomic mass is 10.0. The third kappa shape index (κ3) is 35.5. The second kappa shape index (κ2) is 35.7. The van der Waals surface area contributed by atoms with Crippen molar-refractivity contribution in [2.75, 3.05) is 6.54 Å². The summed E-state index contributed by atoms with van der Waals surface area (Å²) in [5, 5.41) is 11.0. The van der Waals surface area contributed by atoms with Crippen LogP contribution in [0.5, 0.6) is 0 Å². The molecule has 0 aliphatic rings. The quantitative estimate of drug-likeness (QED) is 0.0428. The number of hydrogen-bond donors (Lipinski definition) is 2. The Kier molecular flexibility index (Phi) is 33.3. The minimum absolute atomic E-state index is 0.182. The molecule has 0 heterocycles. The first-order chi connectivity index (χ1) is 23.0. The van der Waals surface area contributed by atoms with Gasteiger partial charge >= 0.3 is 11.9 Å². The van der Waals surface area contributed by atoms with E-state index in [4.69, 9.17) is 9.84 Å². The van der Waals surface area contributed by atoms with Gasteiger partial charge in [-0.1, -0.05) is 145 Å². The Bertz CT molecular complexity index is 943. The number of amides is 1. The van der Waals surface area contributed by atoms with E-state index in [0.29, 0.717) is 6.42 Å². The molecule has 47 heavy (non-hydrogen) atoms. The zero-order chi connectivity index (χ0) is 34.5. The van der Waals surface area contributed by atoms with E-state index in [1.54, 1.807) is 0 Å². The van der Waals surface area contributed by atoms with E-state index in [0.717, 1.165) is 83.5 Å². The monoisotopic (exact) mass is 654 g/mol. The standard InChI is InChI=1S/C41H67NO5/c1-3-5-7-9-11-13-14-15-16-17-18-20-22-28-32-36-41(46)47-38(33-29-25-21-19-12-10-8-6-4-2)34-30-26-23-24-27-31-35-39(43)42-37-40(44)45/h5,7,11,13,15-16,18,20,28-29,32-33,38H,3-4,6,8-10,12,14,17,19,21-27,30-31,34-37H2,1-2H3,(H,42,43)(H,44,45)/b7-5-,13-11-,16-15-,20-18-,32-28-,33-29-. The lowest BCUT2D eigenvalue weighted by molar-refractivity contribution is -0.146. The van der Waals surface area contributed by atoms with Crippen LogP contribution in [-0.4, -0.2) is 35.6 Å². The molecular weight excluding hydrogens is 586 g/mol. The number of esters is 1. The molecule has 2 N–H and O–H groups in total. The van der Waals surface area contributed by atoms with E-state index >= 15 is 0 Å². The molecule has 6 heteroatoms. The minimum atomic E-state index is -1.02. The van der Waals surface area contributed by atoms with Gasteiger partial charge in [0.05, 0.1) is 6.42 Å². The summed E-state index contributed by atoms with van der Waals surface area (Å²) in [7, 11) is 0. The first kappa shape index (κ1) is 43.9. The van der Waals surface area contributed by atoms with Gasteiger partial charge in [-0.25, -0.2) is 0 Å². The highest BCUT2D eigenvalue weighted by Crippen LogP contribution is 2.14. The Hall–Kier alpha value is -3.15. The SMILES string of the molecule is CC/C=C\C/C=C\C/C=C\C/C=C\C/C=C\CC(=O)OC(/C=C\CCCCCCCCC)CCCCCCCCC(=O)NCC(=O)O.